The maximum atomic E-state index is 5.89. The predicted octanol–water partition coefficient (Wildman–Crippen LogP) is 4.16. The summed E-state index contributed by atoms with van der Waals surface area (Å²) < 4.78 is 0. The second kappa shape index (κ2) is 8.26. The third-order valence-corrected chi connectivity index (χ3v) is 4.00. The molecule has 0 aliphatic rings. The molecule has 3 N–H and O–H groups in total. The molecule has 0 spiro atoms. The van der Waals surface area contributed by atoms with Crippen LogP contribution in [0.4, 0.5) is 5.69 Å². The Labute approximate surface area is 141 Å². The number of rotatable bonds is 4. The maximum Gasteiger partial charge on any atom is 0.193 e. The molecule has 5 heteroatoms. The van der Waals surface area contributed by atoms with Gasteiger partial charge in [-0.25, -0.2) is 4.99 Å². The standard InChI is InChI=1S/C15H19N3S.HI/c1-3-12-4-6-13(7-5-12)18-15(16)17-10-14-11(2)8-9-19-14;/h4-9H,3,10H2,1-2H3,(H3,16,17,18);1H. The van der Waals surface area contributed by atoms with E-state index in [1.165, 1.54) is 16.0 Å². The third-order valence-electron chi connectivity index (χ3n) is 3.00. The first-order chi connectivity index (χ1) is 9.19. The first-order valence-corrected chi connectivity index (χ1v) is 7.26. The summed E-state index contributed by atoms with van der Waals surface area (Å²) in [7, 11) is 0. The lowest BCUT2D eigenvalue weighted by Gasteiger charge is -2.06. The Morgan fingerprint density at radius 2 is 1.95 bits per heavy atom. The highest BCUT2D eigenvalue weighted by atomic mass is 127. The van der Waals surface area contributed by atoms with Crippen molar-refractivity contribution in [3.8, 4) is 0 Å². The van der Waals surface area contributed by atoms with Gasteiger partial charge in [0.05, 0.1) is 6.54 Å². The number of nitrogens with zero attached hydrogens (tertiary/aromatic N) is 1. The summed E-state index contributed by atoms with van der Waals surface area (Å²) in [5, 5.41) is 5.18. The summed E-state index contributed by atoms with van der Waals surface area (Å²) >= 11 is 1.71. The van der Waals surface area contributed by atoms with Gasteiger partial charge < -0.3 is 11.1 Å². The lowest BCUT2D eigenvalue weighted by atomic mass is 10.1. The quantitative estimate of drug-likeness (QED) is 0.459. The average molecular weight is 401 g/mol. The van der Waals surface area contributed by atoms with Gasteiger partial charge in [-0.05, 0) is 48.1 Å². The molecule has 108 valence electrons. The van der Waals surface area contributed by atoms with Crippen LogP contribution in [0.5, 0.6) is 0 Å². The monoisotopic (exact) mass is 401 g/mol. The normalized spacial score (nSPS) is 11.0. The van der Waals surface area contributed by atoms with Gasteiger partial charge in [-0.1, -0.05) is 19.1 Å². The Morgan fingerprint density at radius 3 is 2.50 bits per heavy atom. The molecule has 0 saturated heterocycles. The molecule has 1 heterocycles. The summed E-state index contributed by atoms with van der Waals surface area (Å²) in [5.74, 6) is 0.456. The number of thiophene rings is 1. The Bertz CT molecular complexity index is 561. The molecule has 2 aromatic rings. The molecule has 0 unspecified atom stereocenters. The fourth-order valence-electron chi connectivity index (χ4n) is 1.73. The Balaban J connectivity index is 0.00000200. The minimum atomic E-state index is 0. The molecular formula is C15H20IN3S. The predicted molar refractivity (Wildman–Crippen MR) is 99.2 cm³/mol. The van der Waals surface area contributed by atoms with Gasteiger partial charge in [0.25, 0.3) is 0 Å². The zero-order chi connectivity index (χ0) is 13.7. The van der Waals surface area contributed by atoms with E-state index in [0.29, 0.717) is 12.5 Å². The zero-order valence-electron chi connectivity index (χ0n) is 11.7. The van der Waals surface area contributed by atoms with Gasteiger partial charge in [0.1, 0.15) is 0 Å². The first-order valence-electron chi connectivity index (χ1n) is 6.38. The fourth-order valence-corrected chi connectivity index (χ4v) is 2.56. The van der Waals surface area contributed by atoms with Gasteiger partial charge in [-0.15, -0.1) is 35.3 Å². The minimum Gasteiger partial charge on any atom is -0.370 e. The Kier molecular flexibility index (Phi) is 7.01. The molecule has 2 rings (SSSR count). The minimum absolute atomic E-state index is 0. The lowest BCUT2D eigenvalue weighted by molar-refractivity contribution is 1.07. The van der Waals surface area contributed by atoms with Gasteiger partial charge >= 0.3 is 0 Å². The van der Waals surface area contributed by atoms with Crippen LogP contribution in [0.3, 0.4) is 0 Å². The van der Waals surface area contributed by atoms with Crippen LogP contribution in [0.1, 0.15) is 22.9 Å². The number of aryl methyl sites for hydroxylation is 2. The van der Waals surface area contributed by atoms with Gasteiger partial charge in [0, 0.05) is 10.6 Å². The van der Waals surface area contributed by atoms with Crippen LogP contribution >= 0.6 is 35.3 Å². The van der Waals surface area contributed by atoms with Gasteiger partial charge in [0.15, 0.2) is 5.96 Å². The number of aliphatic imine (C=N–C) groups is 1. The van der Waals surface area contributed by atoms with Gasteiger partial charge in [-0.2, -0.15) is 0 Å². The molecule has 3 nitrogen and oxygen atoms in total. The Hall–Kier alpha value is -1.08. The molecule has 0 aliphatic carbocycles. The van der Waals surface area contributed by atoms with Crippen molar-refractivity contribution in [3.63, 3.8) is 0 Å². The molecule has 1 aromatic heterocycles. The number of hydrogen-bond donors (Lipinski definition) is 2. The van der Waals surface area contributed by atoms with Crippen LogP contribution in [0.15, 0.2) is 40.7 Å². The second-order valence-corrected chi connectivity index (χ2v) is 5.40. The van der Waals surface area contributed by atoms with Crippen LogP contribution < -0.4 is 11.1 Å². The highest BCUT2D eigenvalue weighted by molar-refractivity contribution is 14.0. The van der Waals surface area contributed by atoms with E-state index in [4.69, 9.17) is 5.73 Å². The zero-order valence-corrected chi connectivity index (χ0v) is 14.9. The smallest absolute Gasteiger partial charge is 0.193 e. The van der Waals surface area contributed by atoms with Crippen molar-refractivity contribution in [3.05, 3.63) is 51.7 Å². The van der Waals surface area contributed by atoms with E-state index in [1.54, 1.807) is 11.3 Å². The number of nitrogens with two attached hydrogens (primary N) is 1. The lowest BCUT2D eigenvalue weighted by Crippen LogP contribution is -2.22. The Morgan fingerprint density at radius 1 is 1.25 bits per heavy atom. The molecule has 0 amide bonds. The van der Waals surface area contributed by atoms with E-state index in [1.807, 2.05) is 12.1 Å². The van der Waals surface area contributed by atoms with E-state index in [0.717, 1.165) is 12.1 Å². The van der Waals surface area contributed by atoms with Gasteiger partial charge in [0.2, 0.25) is 0 Å². The van der Waals surface area contributed by atoms with Crippen LogP contribution in [-0.4, -0.2) is 5.96 Å². The van der Waals surface area contributed by atoms with E-state index in [-0.39, 0.29) is 24.0 Å². The SMILES string of the molecule is CCc1ccc(NC(N)=NCc2sccc2C)cc1.I. The van der Waals surface area contributed by atoms with E-state index in [9.17, 15) is 0 Å². The topological polar surface area (TPSA) is 50.4 Å². The second-order valence-electron chi connectivity index (χ2n) is 4.40. The highest BCUT2D eigenvalue weighted by Gasteiger charge is 1.99. The van der Waals surface area contributed by atoms with Crippen LogP contribution in [0.2, 0.25) is 0 Å². The average Bonchev–Trinajstić information content (AvgIpc) is 2.83. The number of halogens is 1. The van der Waals surface area contributed by atoms with Crippen molar-refractivity contribution in [2.75, 3.05) is 5.32 Å². The molecule has 0 radical (unpaired) electrons. The number of anilines is 1. The fraction of sp³-hybridized carbons (Fsp3) is 0.267. The number of nitrogens with one attached hydrogen (secondary N) is 1. The molecule has 1 aromatic carbocycles. The number of hydrogen-bond acceptors (Lipinski definition) is 2. The summed E-state index contributed by atoms with van der Waals surface area (Å²) in [6, 6.07) is 10.3. The molecule has 20 heavy (non-hydrogen) atoms. The van der Waals surface area contributed by atoms with E-state index < -0.39 is 0 Å². The highest BCUT2D eigenvalue weighted by Crippen LogP contribution is 2.16. The van der Waals surface area contributed by atoms with Crippen molar-refractivity contribution in [2.45, 2.75) is 26.8 Å². The van der Waals surface area contributed by atoms with Gasteiger partial charge in [-0.3, -0.25) is 0 Å². The number of benzene rings is 1. The van der Waals surface area contributed by atoms with Crippen molar-refractivity contribution in [1.82, 2.24) is 0 Å². The summed E-state index contributed by atoms with van der Waals surface area (Å²) in [6.07, 6.45) is 1.04. The van der Waals surface area contributed by atoms with Crippen LogP contribution in [0.25, 0.3) is 0 Å². The van der Waals surface area contributed by atoms with E-state index >= 15 is 0 Å². The molecule has 0 fully saturated rings. The summed E-state index contributed by atoms with van der Waals surface area (Å²) in [6.45, 7) is 4.87. The molecular weight excluding hydrogens is 381 g/mol. The maximum absolute atomic E-state index is 5.89. The van der Waals surface area contributed by atoms with Crippen molar-refractivity contribution >= 4 is 47.0 Å². The summed E-state index contributed by atoms with van der Waals surface area (Å²) in [5.41, 5.74) is 9.45. The van der Waals surface area contributed by atoms with Crippen molar-refractivity contribution in [2.24, 2.45) is 10.7 Å². The van der Waals surface area contributed by atoms with Crippen LogP contribution in [0, 0.1) is 6.92 Å². The molecule has 0 atom stereocenters. The molecule has 0 bridgehead atoms. The number of guanidine groups is 1. The third kappa shape index (κ3) is 4.79. The van der Waals surface area contributed by atoms with E-state index in [2.05, 4.69) is 47.7 Å². The summed E-state index contributed by atoms with van der Waals surface area (Å²) in [4.78, 5) is 5.61. The molecule has 0 aliphatic heterocycles. The molecule has 0 saturated carbocycles. The first kappa shape index (κ1) is 17.0. The van der Waals surface area contributed by atoms with Crippen LogP contribution in [-0.2, 0) is 13.0 Å². The van der Waals surface area contributed by atoms with Crippen molar-refractivity contribution in [1.29, 1.82) is 0 Å². The largest absolute Gasteiger partial charge is 0.370 e. The van der Waals surface area contributed by atoms with Crippen molar-refractivity contribution < 1.29 is 0 Å².